The van der Waals surface area contributed by atoms with Crippen LogP contribution in [0.15, 0.2) is 22.7 Å². The van der Waals surface area contributed by atoms with E-state index in [-0.39, 0.29) is 12.7 Å². The third-order valence-corrected chi connectivity index (χ3v) is 4.42. The Morgan fingerprint density at radius 3 is 2.56 bits per heavy atom. The number of rotatable bonds is 5. The largest absolute Gasteiger partial charge is 0.454 e. The van der Waals surface area contributed by atoms with E-state index < -0.39 is 6.04 Å². The van der Waals surface area contributed by atoms with Crippen LogP contribution in [0, 0.1) is 13.8 Å². The van der Waals surface area contributed by atoms with Gasteiger partial charge in [-0.25, -0.2) is 0 Å². The molecule has 0 spiro atoms. The summed E-state index contributed by atoms with van der Waals surface area (Å²) in [7, 11) is 5.56. The first-order valence-corrected chi connectivity index (χ1v) is 8.11. The third-order valence-electron chi connectivity index (χ3n) is 4.42. The van der Waals surface area contributed by atoms with Crippen LogP contribution in [0.1, 0.15) is 28.6 Å². The van der Waals surface area contributed by atoms with Crippen molar-refractivity contribution in [3.05, 3.63) is 40.8 Å². The lowest BCUT2D eigenvalue weighted by molar-refractivity contribution is -0.135. The molecule has 0 unspecified atom stereocenters. The van der Waals surface area contributed by atoms with E-state index in [0.717, 1.165) is 22.6 Å². The standard InChI is InChI=1S/C18H23N3O4/c1-11-14(12(2)25-19-11)9-21(5)18(22)17(20(3)4)13-6-7-15-16(8-13)24-10-23-15/h6-8,17H,9-10H2,1-5H3/t17-/m1/s1. The Morgan fingerprint density at radius 1 is 1.20 bits per heavy atom. The second-order valence-corrected chi connectivity index (χ2v) is 6.48. The maximum atomic E-state index is 13.1. The predicted octanol–water partition coefficient (Wildman–Crippen LogP) is 2.28. The Morgan fingerprint density at radius 2 is 1.92 bits per heavy atom. The first-order valence-electron chi connectivity index (χ1n) is 8.11. The first-order chi connectivity index (χ1) is 11.9. The van der Waals surface area contributed by atoms with Crippen molar-refractivity contribution in [1.29, 1.82) is 0 Å². The van der Waals surface area contributed by atoms with E-state index in [1.54, 1.807) is 11.9 Å². The Labute approximate surface area is 147 Å². The molecule has 25 heavy (non-hydrogen) atoms. The average Bonchev–Trinajstić information content (AvgIpc) is 3.15. The van der Waals surface area contributed by atoms with Gasteiger partial charge in [-0.05, 0) is 45.6 Å². The van der Waals surface area contributed by atoms with Gasteiger partial charge >= 0.3 is 0 Å². The van der Waals surface area contributed by atoms with Gasteiger partial charge in [-0.2, -0.15) is 0 Å². The van der Waals surface area contributed by atoms with Gasteiger partial charge in [0, 0.05) is 12.6 Å². The maximum absolute atomic E-state index is 13.1. The van der Waals surface area contributed by atoms with Crippen LogP contribution in [-0.2, 0) is 11.3 Å². The average molecular weight is 345 g/mol. The molecule has 0 saturated carbocycles. The number of likely N-dealkylation sites (N-methyl/N-ethyl adjacent to an activating group) is 2. The van der Waals surface area contributed by atoms with E-state index in [4.69, 9.17) is 14.0 Å². The molecule has 134 valence electrons. The first kappa shape index (κ1) is 17.3. The molecule has 7 heteroatoms. The number of aromatic nitrogens is 1. The number of carbonyl (C=O) groups is 1. The molecule has 2 aromatic rings. The fourth-order valence-electron chi connectivity index (χ4n) is 3.00. The monoisotopic (exact) mass is 345 g/mol. The van der Waals surface area contributed by atoms with Crippen LogP contribution in [-0.4, -0.2) is 48.8 Å². The van der Waals surface area contributed by atoms with Gasteiger partial charge in [0.25, 0.3) is 0 Å². The molecule has 7 nitrogen and oxygen atoms in total. The minimum atomic E-state index is -0.417. The van der Waals surface area contributed by atoms with E-state index in [0.29, 0.717) is 18.0 Å². The van der Waals surface area contributed by atoms with Crippen LogP contribution in [0.4, 0.5) is 0 Å². The predicted molar refractivity (Wildman–Crippen MR) is 91.4 cm³/mol. The molecule has 0 saturated heterocycles. The molecule has 0 bridgehead atoms. The van der Waals surface area contributed by atoms with Gasteiger partial charge in [0.15, 0.2) is 11.5 Å². The number of fused-ring (bicyclic) bond motifs is 1. The summed E-state index contributed by atoms with van der Waals surface area (Å²) >= 11 is 0. The van der Waals surface area contributed by atoms with Gasteiger partial charge < -0.3 is 18.9 Å². The van der Waals surface area contributed by atoms with E-state index in [2.05, 4.69) is 5.16 Å². The number of aryl methyl sites for hydroxylation is 2. The number of ether oxygens (including phenoxy) is 2. The van der Waals surface area contributed by atoms with Gasteiger partial charge in [-0.1, -0.05) is 11.2 Å². The molecule has 0 radical (unpaired) electrons. The number of amides is 1. The van der Waals surface area contributed by atoms with Crippen molar-refractivity contribution in [1.82, 2.24) is 15.0 Å². The smallest absolute Gasteiger partial charge is 0.244 e. The number of carbonyl (C=O) groups excluding carboxylic acids is 1. The molecule has 3 rings (SSSR count). The molecule has 1 aromatic carbocycles. The van der Waals surface area contributed by atoms with E-state index in [9.17, 15) is 4.79 Å². The zero-order valence-corrected chi connectivity index (χ0v) is 15.2. The summed E-state index contributed by atoms with van der Waals surface area (Å²) in [4.78, 5) is 16.7. The lowest BCUT2D eigenvalue weighted by Crippen LogP contribution is -2.38. The Balaban J connectivity index is 1.83. The number of hydrogen-bond acceptors (Lipinski definition) is 6. The molecule has 1 atom stereocenters. The Kier molecular flexibility index (Phi) is 4.67. The summed E-state index contributed by atoms with van der Waals surface area (Å²) in [6.07, 6.45) is 0. The minimum Gasteiger partial charge on any atom is -0.454 e. The molecule has 0 fully saturated rings. The zero-order chi connectivity index (χ0) is 18.1. The van der Waals surface area contributed by atoms with Gasteiger partial charge in [0.1, 0.15) is 11.8 Å². The van der Waals surface area contributed by atoms with Crippen molar-refractivity contribution >= 4 is 5.91 Å². The Bertz CT molecular complexity index is 765. The van der Waals surface area contributed by atoms with Crippen LogP contribution in [0.3, 0.4) is 0 Å². The molecule has 1 amide bonds. The normalized spacial score (nSPS) is 14.0. The molecule has 0 N–H and O–H groups in total. The summed E-state index contributed by atoms with van der Waals surface area (Å²) in [5.41, 5.74) is 2.62. The van der Waals surface area contributed by atoms with Gasteiger partial charge in [0.05, 0.1) is 12.2 Å². The van der Waals surface area contributed by atoms with E-state index in [1.807, 2.05) is 51.0 Å². The van der Waals surface area contributed by atoms with Crippen molar-refractivity contribution in [3.8, 4) is 11.5 Å². The van der Waals surface area contributed by atoms with Crippen molar-refractivity contribution in [3.63, 3.8) is 0 Å². The van der Waals surface area contributed by atoms with Gasteiger partial charge in [-0.3, -0.25) is 9.69 Å². The summed E-state index contributed by atoms with van der Waals surface area (Å²) in [5, 5.41) is 3.95. The number of hydrogen-bond donors (Lipinski definition) is 0. The molecule has 0 aliphatic carbocycles. The second-order valence-electron chi connectivity index (χ2n) is 6.48. The van der Waals surface area contributed by atoms with Gasteiger partial charge in [-0.15, -0.1) is 0 Å². The summed E-state index contributed by atoms with van der Waals surface area (Å²) in [6, 6.07) is 5.20. The molecular formula is C18H23N3O4. The van der Waals surface area contributed by atoms with Crippen LogP contribution in [0.2, 0.25) is 0 Å². The van der Waals surface area contributed by atoms with Crippen molar-refractivity contribution < 1.29 is 18.8 Å². The van der Waals surface area contributed by atoms with E-state index in [1.165, 1.54) is 0 Å². The summed E-state index contributed by atoms with van der Waals surface area (Å²) in [5.74, 6) is 2.11. The molecule has 2 heterocycles. The SMILES string of the molecule is Cc1noc(C)c1CN(C)C(=O)[C@@H](c1ccc2c(c1)OCO2)N(C)C. The highest BCUT2D eigenvalue weighted by Gasteiger charge is 2.28. The minimum absolute atomic E-state index is 0.0103. The lowest BCUT2D eigenvalue weighted by Gasteiger charge is -2.28. The molecule has 1 aliphatic rings. The summed E-state index contributed by atoms with van der Waals surface area (Å²) < 4.78 is 16.0. The van der Waals surface area contributed by atoms with Crippen LogP contribution >= 0.6 is 0 Å². The van der Waals surface area contributed by atoms with Crippen LogP contribution in [0.25, 0.3) is 0 Å². The highest BCUT2D eigenvalue weighted by atomic mass is 16.7. The highest BCUT2D eigenvalue weighted by molar-refractivity contribution is 5.83. The van der Waals surface area contributed by atoms with Crippen molar-refractivity contribution in [2.24, 2.45) is 0 Å². The van der Waals surface area contributed by atoms with E-state index >= 15 is 0 Å². The quantitative estimate of drug-likeness (QED) is 0.828. The van der Waals surface area contributed by atoms with Crippen molar-refractivity contribution in [2.75, 3.05) is 27.9 Å². The zero-order valence-electron chi connectivity index (χ0n) is 15.2. The highest BCUT2D eigenvalue weighted by Crippen LogP contribution is 2.35. The number of benzene rings is 1. The van der Waals surface area contributed by atoms with Crippen molar-refractivity contribution in [2.45, 2.75) is 26.4 Å². The molecule has 1 aromatic heterocycles. The third kappa shape index (κ3) is 3.32. The molecule has 1 aliphatic heterocycles. The second kappa shape index (κ2) is 6.76. The summed E-state index contributed by atoms with van der Waals surface area (Å²) in [6.45, 7) is 4.40. The van der Waals surface area contributed by atoms with Gasteiger partial charge in [0.2, 0.25) is 12.7 Å². The van der Waals surface area contributed by atoms with Crippen LogP contribution < -0.4 is 9.47 Å². The lowest BCUT2D eigenvalue weighted by atomic mass is 10.0. The number of nitrogens with zero attached hydrogens (tertiary/aromatic N) is 3. The fraction of sp³-hybridized carbons (Fsp3) is 0.444. The Hall–Kier alpha value is -2.54. The van der Waals surface area contributed by atoms with Crippen LogP contribution in [0.5, 0.6) is 11.5 Å². The molecular weight excluding hydrogens is 322 g/mol. The topological polar surface area (TPSA) is 68.0 Å². The maximum Gasteiger partial charge on any atom is 0.244 e. The fourth-order valence-corrected chi connectivity index (χ4v) is 3.00.